The quantitative estimate of drug-likeness (QED) is 0.147. The normalized spacial score (nSPS) is 13.5. The van der Waals surface area contributed by atoms with E-state index in [2.05, 4.69) is 151 Å². The molecular weight excluding hydrogens is 664 g/mol. The third kappa shape index (κ3) is 7.66. The Kier molecular flexibility index (Phi) is 12.1. The SMILES string of the molecule is Cc1cccc2c1-c1c(C)cccc1CCC2.Cc1cccc2c1-c1c(C)cccc1CCC2.Cc1cccc2c1-c1c(C)cccc1CCC2.[V]. The molecule has 0 N–H and O–H groups in total. The van der Waals surface area contributed by atoms with Crippen LogP contribution in [0.25, 0.3) is 33.4 Å². The van der Waals surface area contributed by atoms with E-state index >= 15 is 0 Å². The first kappa shape index (κ1) is 37.7. The first-order chi connectivity index (χ1) is 24.8. The molecule has 9 rings (SSSR count). The van der Waals surface area contributed by atoms with Crippen LogP contribution >= 0.6 is 0 Å². The zero-order chi connectivity index (χ0) is 35.5. The van der Waals surface area contributed by atoms with Crippen LogP contribution in [-0.2, 0) is 57.1 Å². The predicted octanol–water partition coefficient (Wildman–Crippen LogP) is 13.4. The second-order valence-electron chi connectivity index (χ2n) is 15.2. The van der Waals surface area contributed by atoms with Crippen molar-refractivity contribution >= 4 is 0 Å². The number of aryl methyl sites for hydroxylation is 12. The number of rotatable bonds is 0. The van der Waals surface area contributed by atoms with E-state index in [4.69, 9.17) is 0 Å². The van der Waals surface area contributed by atoms with Gasteiger partial charge in [0.05, 0.1) is 0 Å². The number of fused-ring (bicyclic) bond motifs is 9. The summed E-state index contributed by atoms with van der Waals surface area (Å²) in [5.41, 5.74) is 26.6. The third-order valence-electron chi connectivity index (χ3n) is 11.6. The molecule has 0 saturated heterocycles. The predicted molar refractivity (Wildman–Crippen MR) is 220 cm³/mol. The summed E-state index contributed by atoms with van der Waals surface area (Å²) < 4.78 is 0. The molecule has 0 bridgehead atoms. The van der Waals surface area contributed by atoms with Crippen LogP contribution in [0.3, 0.4) is 0 Å². The van der Waals surface area contributed by atoms with Crippen molar-refractivity contribution < 1.29 is 18.6 Å². The fourth-order valence-corrected chi connectivity index (χ4v) is 9.18. The molecule has 0 saturated carbocycles. The molecule has 0 nitrogen and oxygen atoms in total. The van der Waals surface area contributed by atoms with Crippen LogP contribution in [0.2, 0.25) is 0 Å². The van der Waals surface area contributed by atoms with Gasteiger partial charge in [-0.2, -0.15) is 0 Å². The minimum absolute atomic E-state index is 0. The van der Waals surface area contributed by atoms with Crippen molar-refractivity contribution in [1.29, 1.82) is 0 Å². The fourth-order valence-electron chi connectivity index (χ4n) is 9.18. The van der Waals surface area contributed by atoms with E-state index in [1.807, 2.05) is 0 Å². The minimum Gasteiger partial charge on any atom is -0.0617 e. The molecule has 0 heterocycles. The van der Waals surface area contributed by atoms with E-state index in [1.165, 1.54) is 158 Å². The molecule has 0 fully saturated rings. The van der Waals surface area contributed by atoms with Gasteiger partial charge in [-0.15, -0.1) is 0 Å². The van der Waals surface area contributed by atoms with Gasteiger partial charge in [-0.25, -0.2) is 0 Å². The summed E-state index contributed by atoms with van der Waals surface area (Å²) in [5, 5.41) is 0. The maximum Gasteiger partial charge on any atom is 0 e. The molecular formula is C51H54V. The molecule has 3 aliphatic carbocycles. The van der Waals surface area contributed by atoms with E-state index in [0.29, 0.717) is 0 Å². The molecule has 0 spiro atoms. The van der Waals surface area contributed by atoms with E-state index in [0.717, 1.165) is 0 Å². The first-order valence-corrected chi connectivity index (χ1v) is 19.3. The van der Waals surface area contributed by atoms with E-state index in [9.17, 15) is 0 Å². The first-order valence-electron chi connectivity index (χ1n) is 19.3. The van der Waals surface area contributed by atoms with Crippen molar-refractivity contribution in [2.45, 2.75) is 99.3 Å². The van der Waals surface area contributed by atoms with Gasteiger partial charge in [0, 0.05) is 18.6 Å². The second kappa shape index (κ2) is 16.7. The Bertz CT molecular complexity index is 1790. The van der Waals surface area contributed by atoms with Gasteiger partial charge < -0.3 is 0 Å². The van der Waals surface area contributed by atoms with Gasteiger partial charge in [-0.1, -0.05) is 109 Å². The molecule has 0 unspecified atom stereocenters. The Labute approximate surface area is 325 Å². The van der Waals surface area contributed by atoms with Gasteiger partial charge in [0.15, 0.2) is 0 Å². The average Bonchev–Trinajstić information content (AvgIpc) is 3.54. The van der Waals surface area contributed by atoms with Crippen LogP contribution < -0.4 is 0 Å². The smallest absolute Gasteiger partial charge is 0 e. The average molecular weight is 718 g/mol. The van der Waals surface area contributed by atoms with E-state index in [1.54, 1.807) is 0 Å². The summed E-state index contributed by atoms with van der Waals surface area (Å²) >= 11 is 0. The summed E-state index contributed by atoms with van der Waals surface area (Å²) in [6, 6.07) is 40.3. The van der Waals surface area contributed by atoms with Crippen LogP contribution in [0.5, 0.6) is 0 Å². The molecule has 263 valence electrons. The maximum absolute atomic E-state index is 2.30. The zero-order valence-corrected chi connectivity index (χ0v) is 33.6. The molecule has 0 amide bonds. The van der Waals surface area contributed by atoms with Gasteiger partial charge >= 0.3 is 0 Å². The van der Waals surface area contributed by atoms with Crippen LogP contribution in [0.1, 0.15) is 86.0 Å². The van der Waals surface area contributed by atoms with Gasteiger partial charge in [0.1, 0.15) is 0 Å². The Morgan fingerprint density at radius 2 is 0.404 bits per heavy atom. The molecule has 52 heavy (non-hydrogen) atoms. The molecule has 6 aromatic rings. The minimum atomic E-state index is 0. The molecule has 1 heteroatoms. The van der Waals surface area contributed by atoms with E-state index in [-0.39, 0.29) is 18.6 Å². The van der Waals surface area contributed by atoms with Crippen molar-refractivity contribution in [3.63, 3.8) is 0 Å². The molecule has 6 aromatic carbocycles. The Balaban J connectivity index is 0.000000133. The summed E-state index contributed by atoms with van der Waals surface area (Å²) in [6.45, 7) is 13.4. The van der Waals surface area contributed by atoms with Crippen molar-refractivity contribution in [2.75, 3.05) is 0 Å². The standard InChI is InChI=1S/3C17H18.V/c3*1-12-6-3-8-14-10-5-11-15-9-4-7-13(2)17(15)16(12)14;/h3*3-4,6-9H,5,10-11H2,1-2H3;. The third-order valence-corrected chi connectivity index (χ3v) is 11.6. The van der Waals surface area contributed by atoms with Crippen LogP contribution in [-0.4, -0.2) is 0 Å². The van der Waals surface area contributed by atoms with Gasteiger partial charge in [0.2, 0.25) is 0 Å². The van der Waals surface area contributed by atoms with Crippen molar-refractivity contribution in [1.82, 2.24) is 0 Å². The van der Waals surface area contributed by atoms with Crippen molar-refractivity contribution in [2.24, 2.45) is 0 Å². The molecule has 1 radical (unpaired) electrons. The molecule has 0 aromatic heterocycles. The van der Waals surface area contributed by atoms with Crippen molar-refractivity contribution in [3.8, 4) is 33.4 Å². The van der Waals surface area contributed by atoms with Gasteiger partial charge in [-0.3, -0.25) is 0 Å². The van der Waals surface area contributed by atoms with Crippen LogP contribution in [0, 0.1) is 41.5 Å². The van der Waals surface area contributed by atoms with Crippen LogP contribution in [0.4, 0.5) is 0 Å². The molecule has 0 atom stereocenters. The van der Waals surface area contributed by atoms with Gasteiger partial charge in [0.25, 0.3) is 0 Å². The largest absolute Gasteiger partial charge is 0.0617 e. The van der Waals surface area contributed by atoms with Crippen LogP contribution in [0.15, 0.2) is 109 Å². The summed E-state index contributed by atoms with van der Waals surface area (Å²) in [6.07, 6.45) is 11.1. The van der Waals surface area contributed by atoms with Crippen molar-refractivity contribution in [3.05, 3.63) is 176 Å². The molecule has 0 aliphatic heterocycles. The van der Waals surface area contributed by atoms with Gasteiger partial charge in [-0.05, 0) is 199 Å². The van der Waals surface area contributed by atoms with E-state index < -0.39 is 0 Å². The second-order valence-corrected chi connectivity index (χ2v) is 15.2. The number of hydrogen-bond acceptors (Lipinski definition) is 0. The topological polar surface area (TPSA) is 0 Å². The summed E-state index contributed by atoms with van der Waals surface area (Å²) in [5.74, 6) is 0. The Morgan fingerprint density at radius 1 is 0.250 bits per heavy atom. The Hall–Kier alpha value is -4.10. The molecule has 3 aliphatic rings. The Morgan fingerprint density at radius 3 is 0.558 bits per heavy atom. The number of benzene rings is 6. The number of hydrogen-bond donors (Lipinski definition) is 0. The summed E-state index contributed by atoms with van der Waals surface area (Å²) in [4.78, 5) is 0. The fraction of sp³-hybridized carbons (Fsp3) is 0.294. The zero-order valence-electron chi connectivity index (χ0n) is 32.2. The monoisotopic (exact) mass is 717 g/mol. The maximum atomic E-state index is 2.30. The summed E-state index contributed by atoms with van der Waals surface area (Å²) in [7, 11) is 0.